The molecule has 9 aromatic rings. The lowest BCUT2D eigenvalue weighted by molar-refractivity contribution is 0.588. The number of para-hydroxylation sites is 1. The molecule has 1 heteroatoms. The normalized spacial score (nSPS) is 15.8. The van der Waals surface area contributed by atoms with E-state index >= 15 is 0 Å². The van der Waals surface area contributed by atoms with Crippen molar-refractivity contribution in [1.29, 1.82) is 0 Å². The number of anilines is 3. The van der Waals surface area contributed by atoms with Gasteiger partial charge in [-0.25, -0.2) is 0 Å². The SMILES string of the molecule is CC(C)(C)c1ccc(C2(c3ccc(C(C)(C)C)cc3)c3ccccc3-c3cc(N(c4ccccc4)c4ccc5c(c4)C(c4ccccc4)(c4ccc(C(C)(C)C)cc4)c4ccccc4-5)ccc32)cc1. The van der Waals surface area contributed by atoms with E-state index < -0.39 is 10.8 Å². The van der Waals surface area contributed by atoms with Crippen LogP contribution in [-0.4, -0.2) is 0 Å². The third-order valence-electron chi connectivity index (χ3n) is 15.3. The highest BCUT2D eigenvalue weighted by atomic mass is 15.1. The zero-order chi connectivity index (χ0) is 47.9. The van der Waals surface area contributed by atoms with E-state index in [1.807, 2.05) is 0 Å². The highest BCUT2D eigenvalue weighted by molar-refractivity contribution is 5.92. The van der Waals surface area contributed by atoms with Crippen molar-refractivity contribution >= 4 is 17.1 Å². The van der Waals surface area contributed by atoms with E-state index in [2.05, 4.69) is 286 Å². The van der Waals surface area contributed by atoms with Crippen LogP contribution in [0.2, 0.25) is 0 Å². The monoisotopic (exact) mass is 893 g/mol. The molecule has 0 bridgehead atoms. The summed E-state index contributed by atoms with van der Waals surface area (Å²) in [7, 11) is 0. The van der Waals surface area contributed by atoms with Crippen molar-refractivity contribution in [3.63, 3.8) is 0 Å². The molecule has 2 aliphatic rings. The van der Waals surface area contributed by atoms with Crippen LogP contribution in [0.5, 0.6) is 0 Å². The highest BCUT2D eigenvalue weighted by Crippen LogP contribution is 2.60. The molecule has 0 spiro atoms. The molecule has 69 heavy (non-hydrogen) atoms. The predicted molar refractivity (Wildman–Crippen MR) is 292 cm³/mol. The molecule has 2 aliphatic carbocycles. The molecular formula is C68H63N. The van der Waals surface area contributed by atoms with Crippen LogP contribution in [-0.2, 0) is 27.1 Å². The van der Waals surface area contributed by atoms with Gasteiger partial charge in [-0.05, 0) is 136 Å². The van der Waals surface area contributed by atoms with Crippen molar-refractivity contribution in [2.75, 3.05) is 4.90 Å². The molecule has 0 N–H and O–H groups in total. The standard InChI is InChI=1S/C68H63N/c1-64(2,3)46-28-34-50(35-29-46)67(51-36-30-47(31-37-51)65(4,5)6)61-27-19-17-25-57(61)59-44-54(41-43-62(59)67)69(53-22-14-11-15-23-53)55-40-42-58-56-24-16-18-26-60(56)68(63(58)45-55,49-20-12-10-13-21-49)52-38-32-48(33-39-52)66(7,8)9/h10-45H,1-9H3. The van der Waals surface area contributed by atoms with Gasteiger partial charge >= 0.3 is 0 Å². The number of benzene rings is 9. The summed E-state index contributed by atoms with van der Waals surface area (Å²) in [6, 6.07) is 83.3. The third kappa shape index (κ3) is 7.03. The molecule has 0 radical (unpaired) electrons. The van der Waals surface area contributed by atoms with Crippen LogP contribution in [0.4, 0.5) is 17.1 Å². The summed E-state index contributed by atoms with van der Waals surface area (Å²) in [4.78, 5) is 2.47. The van der Waals surface area contributed by atoms with Gasteiger partial charge in [0, 0.05) is 17.1 Å². The second kappa shape index (κ2) is 16.2. The summed E-state index contributed by atoms with van der Waals surface area (Å²) in [5.74, 6) is 0. The van der Waals surface area contributed by atoms with Gasteiger partial charge in [0.25, 0.3) is 0 Å². The zero-order valence-electron chi connectivity index (χ0n) is 41.7. The molecule has 9 aromatic carbocycles. The lowest BCUT2D eigenvalue weighted by Crippen LogP contribution is -2.29. The van der Waals surface area contributed by atoms with Crippen molar-refractivity contribution in [3.05, 3.63) is 280 Å². The lowest BCUT2D eigenvalue weighted by atomic mass is 9.67. The van der Waals surface area contributed by atoms with Crippen LogP contribution >= 0.6 is 0 Å². The minimum Gasteiger partial charge on any atom is -0.310 e. The molecule has 1 nitrogen and oxygen atoms in total. The molecule has 0 aromatic heterocycles. The van der Waals surface area contributed by atoms with Crippen LogP contribution in [0.1, 0.15) is 124 Å². The Balaban J connectivity index is 1.14. The summed E-state index contributed by atoms with van der Waals surface area (Å²) in [5.41, 5.74) is 21.8. The van der Waals surface area contributed by atoms with Gasteiger partial charge in [-0.1, -0.05) is 244 Å². The zero-order valence-corrected chi connectivity index (χ0v) is 41.7. The van der Waals surface area contributed by atoms with E-state index in [1.54, 1.807) is 0 Å². The molecule has 0 fully saturated rings. The Hall–Kier alpha value is -7.22. The van der Waals surface area contributed by atoms with Gasteiger partial charge in [-0.3, -0.25) is 0 Å². The fraction of sp³-hybridized carbons (Fsp3) is 0.206. The first-order valence-corrected chi connectivity index (χ1v) is 24.8. The van der Waals surface area contributed by atoms with Crippen molar-refractivity contribution in [1.82, 2.24) is 0 Å². The number of fused-ring (bicyclic) bond motifs is 6. The summed E-state index contributed by atoms with van der Waals surface area (Å²) >= 11 is 0. The minimum absolute atomic E-state index is 0.0388. The Morgan fingerprint density at radius 2 is 0.609 bits per heavy atom. The van der Waals surface area contributed by atoms with E-state index in [1.165, 1.54) is 83.5 Å². The Morgan fingerprint density at radius 3 is 1.09 bits per heavy atom. The van der Waals surface area contributed by atoms with Crippen molar-refractivity contribution in [2.45, 2.75) is 89.4 Å². The summed E-state index contributed by atoms with van der Waals surface area (Å²) < 4.78 is 0. The Morgan fingerprint density at radius 1 is 0.261 bits per heavy atom. The summed E-state index contributed by atoms with van der Waals surface area (Å²) in [6.45, 7) is 20.7. The maximum Gasteiger partial charge on any atom is 0.0714 e. The van der Waals surface area contributed by atoms with Gasteiger partial charge in [0.15, 0.2) is 0 Å². The molecule has 0 saturated carbocycles. The predicted octanol–water partition coefficient (Wildman–Crippen LogP) is 17.8. The van der Waals surface area contributed by atoms with Crippen LogP contribution < -0.4 is 4.90 Å². The van der Waals surface area contributed by atoms with Crippen molar-refractivity contribution < 1.29 is 0 Å². The van der Waals surface area contributed by atoms with Crippen molar-refractivity contribution in [2.24, 2.45) is 0 Å². The number of rotatable bonds is 7. The molecule has 0 amide bonds. The average Bonchev–Trinajstić information content (AvgIpc) is 3.82. The second-order valence-electron chi connectivity index (χ2n) is 22.6. The largest absolute Gasteiger partial charge is 0.310 e. The first kappa shape index (κ1) is 44.3. The first-order chi connectivity index (χ1) is 33.1. The Labute approximate surface area is 411 Å². The van der Waals surface area contributed by atoms with Crippen molar-refractivity contribution in [3.8, 4) is 22.3 Å². The van der Waals surface area contributed by atoms with Crippen LogP contribution in [0, 0.1) is 0 Å². The van der Waals surface area contributed by atoms with Gasteiger partial charge in [0.05, 0.1) is 10.8 Å². The quantitative estimate of drug-likeness (QED) is 0.154. The number of hydrogen-bond acceptors (Lipinski definition) is 1. The molecule has 1 atom stereocenters. The topological polar surface area (TPSA) is 3.24 Å². The Kier molecular flexibility index (Phi) is 10.4. The fourth-order valence-electron chi connectivity index (χ4n) is 11.8. The van der Waals surface area contributed by atoms with Gasteiger partial charge in [-0.2, -0.15) is 0 Å². The van der Waals surface area contributed by atoms with Gasteiger partial charge < -0.3 is 4.90 Å². The molecule has 11 rings (SSSR count). The summed E-state index contributed by atoms with van der Waals surface area (Å²) in [5, 5.41) is 0. The summed E-state index contributed by atoms with van der Waals surface area (Å²) in [6.07, 6.45) is 0. The number of hydrogen-bond donors (Lipinski definition) is 0. The van der Waals surface area contributed by atoms with E-state index in [0.29, 0.717) is 0 Å². The first-order valence-electron chi connectivity index (χ1n) is 24.8. The Bertz CT molecular complexity index is 3280. The second-order valence-corrected chi connectivity index (χ2v) is 22.6. The van der Waals surface area contributed by atoms with Crippen LogP contribution in [0.15, 0.2) is 218 Å². The van der Waals surface area contributed by atoms with E-state index in [9.17, 15) is 0 Å². The maximum atomic E-state index is 2.49. The van der Waals surface area contributed by atoms with E-state index in [0.717, 1.165) is 17.1 Å². The van der Waals surface area contributed by atoms with Crippen LogP contribution in [0.25, 0.3) is 22.3 Å². The third-order valence-corrected chi connectivity index (χ3v) is 15.3. The number of nitrogens with zero attached hydrogens (tertiary/aromatic N) is 1. The molecule has 0 saturated heterocycles. The average molecular weight is 894 g/mol. The molecule has 0 heterocycles. The smallest absolute Gasteiger partial charge is 0.0714 e. The fourth-order valence-corrected chi connectivity index (χ4v) is 11.8. The van der Waals surface area contributed by atoms with Crippen LogP contribution in [0.3, 0.4) is 0 Å². The minimum atomic E-state index is -0.538. The molecule has 340 valence electrons. The molecule has 1 unspecified atom stereocenters. The van der Waals surface area contributed by atoms with Gasteiger partial charge in [0.2, 0.25) is 0 Å². The molecule has 0 aliphatic heterocycles. The highest BCUT2D eigenvalue weighted by Gasteiger charge is 2.48. The lowest BCUT2D eigenvalue weighted by Gasteiger charge is -2.36. The van der Waals surface area contributed by atoms with Gasteiger partial charge in [0.1, 0.15) is 0 Å². The molecular weight excluding hydrogens is 831 g/mol. The van der Waals surface area contributed by atoms with Gasteiger partial charge in [-0.15, -0.1) is 0 Å². The van der Waals surface area contributed by atoms with E-state index in [4.69, 9.17) is 0 Å². The maximum absolute atomic E-state index is 2.49. The van der Waals surface area contributed by atoms with E-state index in [-0.39, 0.29) is 16.2 Å².